The van der Waals surface area contributed by atoms with Crippen molar-refractivity contribution < 1.29 is 0 Å². The van der Waals surface area contributed by atoms with Gasteiger partial charge < -0.3 is 10.6 Å². The lowest BCUT2D eigenvalue weighted by Gasteiger charge is -2.27. The van der Waals surface area contributed by atoms with Crippen LogP contribution in [0.4, 0.5) is 5.69 Å². The molecular formula is C17H23N3S. The van der Waals surface area contributed by atoms with Gasteiger partial charge >= 0.3 is 0 Å². The van der Waals surface area contributed by atoms with Crippen molar-refractivity contribution >= 4 is 17.0 Å². The first-order valence-electron chi connectivity index (χ1n) is 7.45. The molecular weight excluding hydrogens is 278 g/mol. The zero-order chi connectivity index (χ0) is 14.8. The number of hydrogen-bond donors (Lipinski definition) is 1. The van der Waals surface area contributed by atoms with Crippen LogP contribution in [0.5, 0.6) is 0 Å². The molecule has 0 aliphatic carbocycles. The fraction of sp³-hybridized carbons (Fsp3) is 0.412. The maximum absolute atomic E-state index is 6.06. The molecule has 1 aromatic heterocycles. The first-order valence-corrected chi connectivity index (χ1v) is 8.33. The lowest BCUT2D eigenvalue weighted by Crippen LogP contribution is -2.30. The van der Waals surface area contributed by atoms with Gasteiger partial charge in [-0.05, 0) is 42.1 Å². The zero-order valence-electron chi connectivity index (χ0n) is 12.7. The molecule has 0 fully saturated rings. The topological polar surface area (TPSA) is 32.5 Å². The molecule has 3 nitrogen and oxygen atoms in total. The zero-order valence-corrected chi connectivity index (χ0v) is 13.6. The second kappa shape index (κ2) is 6.18. The summed E-state index contributed by atoms with van der Waals surface area (Å²) in [6.45, 7) is 2.73. The van der Waals surface area contributed by atoms with Crippen LogP contribution in [0, 0.1) is 0 Å². The van der Waals surface area contributed by atoms with Crippen molar-refractivity contribution in [2.75, 3.05) is 32.1 Å². The van der Waals surface area contributed by atoms with Gasteiger partial charge in [0.25, 0.3) is 0 Å². The molecule has 0 amide bonds. The molecule has 1 aliphatic heterocycles. The number of nitrogens with two attached hydrogens (primary N) is 1. The Hall–Kier alpha value is -1.36. The molecule has 0 bridgehead atoms. The number of likely N-dealkylation sites (N-methyl/N-ethyl adjacent to an activating group) is 2. The van der Waals surface area contributed by atoms with Gasteiger partial charge in [0.1, 0.15) is 0 Å². The number of fused-ring (bicyclic) bond motifs is 1. The Morgan fingerprint density at radius 3 is 2.95 bits per heavy atom. The Morgan fingerprint density at radius 2 is 2.24 bits per heavy atom. The molecule has 2 N–H and O–H groups in total. The fourth-order valence-corrected chi connectivity index (χ4v) is 3.89. The number of anilines is 1. The molecule has 3 rings (SSSR count). The Bertz CT molecular complexity index is 594. The molecule has 1 atom stereocenters. The van der Waals surface area contributed by atoms with Crippen molar-refractivity contribution in [3.63, 3.8) is 0 Å². The van der Waals surface area contributed by atoms with E-state index in [1.165, 1.54) is 21.7 Å². The third-order valence-corrected chi connectivity index (χ3v) is 5.22. The van der Waals surface area contributed by atoms with Crippen molar-refractivity contribution in [3.8, 4) is 0 Å². The summed E-state index contributed by atoms with van der Waals surface area (Å²) in [4.78, 5) is 6.06. The standard InChI is InChI=1S/C17H23N3S/c1-19-8-7-14-10-13(5-6-16(14)19)17(11-18)20(2)12-15-4-3-9-21-15/h3-6,9-10,17H,7-8,11-12,18H2,1-2H3. The molecule has 1 aliphatic rings. The first-order chi connectivity index (χ1) is 10.2. The van der Waals surface area contributed by atoms with E-state index in [2.05, 4.69) is 59.6 Å². The average Bonchev–Trinajstić information content (AvgIpc) is 3.10. The molecule has 2 heterocycles. The molecule has 0 spiro atoms. The molecule has 112 valence electrons. The highest BCUT2D eigenvalue weighted by Gasteiger charge is 2.20. The Labute approximate surface area is 131 Å². The Balaban J connectivity index is 1.80. The van der Waals surface area contributed by atoms with Crippen LogP contribution in [0.3, 0.4) is 0 Å². The van der Waals surface area contributed by atoms with Crippen molar-refractivity contribution in [2.45, 2.75) is 19.0 Å². The number of nitrogens with zero attached hydrogens (tertiary/aromatic N) is 2. The van der Waals surface area contributed by atoms with Gasteiger partial charge in [0.15, 0.2) is 0 Å². The minimum Gasteiger partial charge on any atom is -0.374 e. The third-order valence-electron chi connectivity index (χ3n) is 4.36. The number of thiophene rings is 1. The average molecular weight is 301 g/mol. The van der Waals surface area contributed by atoms with Crippen LogP contribution in [0.2, 0.25) is 0 Å². The number of rotatable bonds is 5. The highest BCUT2D eigenvalue weighted by atomic mass is 32.1. The van der Waals surface area contributed by atoms with E-state index in [0.717, 1.165) is 19.5 Å². The van der Waals surface area contributed by atoms with E-state index >= 15 is 0 Å². The van der Waals surface area contributed by atoms with Crippen LogP contribution in [-0.2, 0) is 13.0 Å². The molecule has 1 unspecified atom stereocenters. The van der Waals surface area contributed by atoms with Crippen molar-refractivity contribution in [1.29, 1.82) is 0 Å². The van der Waals surface area contributed by atoms with Gasteiger partial charge in [-0.2, -0.15) is 0 Å². The summed E-state index contributed by atoms with van der Waals surface area (Å²) in [6, 6.07) is 11.4. The SMILES string of the molecule is CN1CCc2cc(C(CN)N(C)Cc3cccs3)ccc21. The molecule has 4 heteroatoms. The minimum absolute atomic E-state index is 0.281. The van der Waals surface area contributed by atoms with Crippen molar-refractivity contribution in [2.24, 2.45) is 5.73 Å². The quantitative estimate of drug-likeness (QED) is 0.922. The molecule has 21 heavy (non-hydrogen) atoms. The van der Waals surface area contributed by atoms with Crippen LogP contribution >= 0.6 is 11.3 Å². The molecule has 0 radical (unpaired) electrons. The van der Waals surface area contributed by atoms with E-state index in [1.54, 1.807) is 11.3 Å². The summed E-state index contributed by atoms with van der Waals surface area (Å²) >= 11 is 1.81. The summed E-state index contributed by atoms with van der Waals surface area (Å²) < 4.78 is 0. The van der Waals surface area contributed by atoms with Crippen LogP contribution in [0.25, 0.3) is 0 Å². The van der Waals surface area contributed by atoms with E-state index in [4.69, 9.17) is 5.73 Å². The smallest absolute Gasteiger partial charge is 0.0471 e. The number of hydrogen-bond acceptors (Lipinski definition) is 4. The van der Waals surface area contributed by atoms with Crippen LogP contribution in [0.15, 0.2) is 35.7 Å². The Morgan fingerprint density at radius 1 is 1.38 bits per heavy atom. The molecule has 1 aromatic carbocycles. The lowest BCUT2D eigenvalue weighted by molar-refractivity contribution is 0.244. The third kappa shape index (κ3) is 2.98. The summed E-state index contributed by atoms with van der Waals surface area (Å²) in [5.74, 6) is 0. The fourth-order valence-electron chi connectivity index (χ4n) is 3.12. The first kappa shape index (κ1) is 14.6. The normalized spacial score (nSPS) is 15.5. The largest absolute Gasteiger partial charge is 0.374 e. The summed E-state index contributed by atoms with van der Waals surface area (Å²) in [5.41, 5.74) is 10.2. The van der Waals surface area contributed by atoms with E-state index in [9.17, 15) is 0 Å². The second-order valence-corrected chi connectivity index (χ2v) is 6.84. The van der Waals surface area contributed by atoms with Gasteiger partial charge in [-0.25, -0.2) is 0 Å². The van der Waals surface area contributed by atoms with Gasteiger partial charge in [0.2, 0.25) is 0 Å². The highest BCUT2D eigenvalue weighted by molar-refractivity contribution is 7.09. The van der Waals surface area contributed by atoms with Crippen LogP contribution in [0.1, 0.15) is 22.0 Å². The summed E-state index contributed by atoms with van der Waals surface area (Å²) in [5, 5.41) is 2.13. The van der Waals surface area contributed by atoms with E-state index in [0.29, 0.717) is 6.54 Å². The van der Waals surface area contributed by atoms with Crippen LogP contribution < -0.4 is 10.6 Å². The van der Waals surface area contributed by atoms with Gasteiger partial charge in [-0.1, -0.05) is 18.2 Å². The van der Waals surface area contributed by atoms with E-state index < -0.39 is 0 Å². The Kier molecular flexibility index (Phi) is 4.29. The lowest BCUT2D eigenvalue weighted by atomic mass is 10.0. The van der Waals surface area contributed by atoms with Gasteiger partial charge in [0.05, 0.1) is 0 Å². The van der Waals surface area contributed by atoms with Gasteiger partial charge in [-0.15, -0.1) is 11.3 Å². The summed E-state index contributed by atoms with van der Waals surface area (Å²) in [7, 11) is 4.32. The monoisotopic (exact) mass is 301 g/mol. The van der Waals surface area contributed by atoms with Crippen molar-refractivity contribution in [1.82, 2.24) is 4.90 Å². The maximum Gasteiger partial charge on any atom is 0.0471 e. The molecule has 0 saturated heterocycles. The van der Waals surface area contributed by atoms with Crippen LogP contribution in [-0.4, -0.2) is 32.1 Å². The van der Waals surface area contributed by atoms with Crippen molar-refractivity contribution in [3.05, 3.63) is 51.7 Å². The number of benzene rings is 1. The van der Waals surface area contributed by atoms with E-state index in [-0.39, 0.29) is 6.04 Å². The maximum atomic E-state index is 6.06. The molecule has 0 saturated carbocycles. The highest BCUT2D eigenvalue weighted by Crippen LogP contribution is 2.31. The molecule has 2 aromatic rings. The predicted molar refractivity (Wildman–Crippen MR) is 91.0 cm³/mol. The van der Waals surface area contributed by atoms with E-state index in [1.807, 2.05) is 0 Å². The summed E-state index contributed by atoms with van der Waals surface area (Å²) in [6.07, 6.45) is 1.14. The second-order valence-electron chi connectivity index (χ2n) is 5.81. The van der Waals surface area contributed by atoms with Gasteiger partial charge in [-0.3, -0.25) is 4.90 Å². The minimum atomic E-state index is 0.281. The van der Waals surface area contributed by atoms with Gasteiger partial charge in [0, 0.05) is 43.3 Å². The predicted octanol–water partition coefficient (Wildman–Crippen LogP) is 2.87.